The zero-order chi connectivity index (χ0) is 16.2. The number of methoxy groups -OCH3 is 1. The maximum absolute atomic E-state index is 11.8. The Morgan fingerprint density at radius 2 is 2.00 bits per heavy atom. The summed E-state index contributed by atoms with van der Waals surface area (Å²) in [7, 11) is 1.62. The maximum atomic E-state index is 11.8. The molecule has 118 valence electrons. The second kappa shape index (κ2) is 10.7. The lowest BCUT2D eigenvalue weighted by Crippen LogP contribution is -2.17. The Morgan fingerprint density at radius 3 is 2.59 bits per heavy atom. The molecule has 1 aromatic carbocycles. The van der Waals surface area contributed by atoms with Crippen molar-refractivity contribution in [3.63, 3.8) is 0 Å². The van der Waals surface area contributed by atoms with E-state index in [0.29, 0.717) is 12.2 Å². The first-order chi connectivity index (χ1) is 10.7. The molecular weight excluding hydrogens is 296 g/mol. The van der Waals surface area contributed by atoms with Gasteiger partial charge >= 0.3 is 5.97 Å². The van der Waals surface area contributed by atoms with Gasteiger partial charge in [-0.2, -0.15) is 12.6 Å². The van der Waals surface area contributed by atoms with Gasteiger partial charge in [0.05, 0.1) is 7.11 Å². The van der Waals surface area contributed by atoms with Gasteiger partial charge in [-0.25, -0.2) is 4.79 Å². The van der Waals surface area contributed by atoms with E-state index in [4.69, 9.17) is 9.47 Å². The van der Waals surface area contributed by atoms with Crippen LogP contribution in [0.1, 0.15) is 18.9 Å². The quantitative estimate of drug-likeness (QED) is 0.340. The molecule has 22 heavy (non-hydrogen) atoms. The van der Waals surface area contributed by atoms with E-state index >= 15 is 0 Å². The highest BCUT2D eigenvalue weighted by Crippen LogP contribution is 2.12. The lowest BCUT2D eigenvalue weighted by molar-refractivity contribution is -0.141. The second-order valence-electron chi connectivity index (χ2n) is 4.54. The van der Waals surface area contributed by atoms with Crippen molar-refractivity contribution in [3.8, 4) is 5.75 Å². The van der Waals surface area contributed by atoms with Gasteiger partial charge in [0.25, 0.3) is 0 Å². The number of allylic oxidation sites excluding steroid dienone is 3. The van der Waals surface area contributed by atoms with Crippen molar-refractivity contribution in [2.45, 2.75) is 19.4 Å². The van der Waals surface area contributed by atoms with E-state index < -0.39 is 0 Å². The first-order valence-electron chi connectivity index (χ1n) is 7.11. The molecule has 0 amide bonds. The first-order valence-corrected chi connectivity index (χ1v) is 7.74. The third kappa shape index (κ3) is 7.18. The highest BCUT2D eigenvalue weighted by Gasteiger charge is 2.08. The molecule has 0 heterocycles. The molecular formula is C18H22O3S. The molecule has 0 aliphatic carbocycles. The van der Waals surface area contributed by atoms with Crippen LogP contribution in [0.25, 0.3) is 6.08 Å². The Morgan fingerprint density at radius 1 is 1.27 bits per heavy atom. The topological polar surface area (TPSA) is 35.5 Å². The lowest BCUT2D eigenvalue weighted by Gasteiger charge is -2.12. The number of thiol groups is 1. The third-order valence-corrected chi connectivity index (χ3v) is 3.26. The second-order valence-corrected chi connectivity index (χ2v) is 4.90. The summed E-state index contributed by atoms with van der Waals surface area (Å²) in [6, 6.07) is 7.43. The van der Waals surface area contributed by atoms with Gasteiger partial charge < -0.3 is 9.47 Å². The van der Waals surface area contributed by atoms with E-state index in [2.05, 4.69) is 12.6 Å². The minimum Gasteiger partial charge on any atom is -0.497 e. The minimum atomic E-state index is -0.366. The van der Waals surface area contributed by atoms with E-state index in [1.807, 2.05) is 55.5 Å². The van der Waals surface area contributed by atoms with Crippen molar-refractivity contribution < 1.29 is 14.3 Å². The van der Waals surface area contributed by atoms with E-state index in [9.17, 15) is 4.79 Å². The molecule has 0 aliphatic heterocycles. The summed E-state index contributed by atoms with van der Waals surface area (Å²) in [5, 5.41) is 0. The zero-order valence-corrected chi connectivity index (χ0v) is 13.8. The number of rotatable bonds is 8. The Kier molecular flexibility index (Phi) is 8.84. The third-order valence-electron chi connectivity index (χ3n) is 2.85. The highest BCUT2D eigenvalue weighted by atomic mass is 32.1. The van der Waals surface area contributed by atoms with Crippen LogP contribution < -0.4 is 4.74 Å². The summed E-state index contributed by atoms with van der Waals surface area (Å²) in [6.45, 7) is 1.95. The van der Waals surface area contributed by atoms with Gasteiger partial charge in [0.2, 0.25) is 0 Å². The highest BCUT2D eigenvalue weighted by molar-refractivity contribution is 7.80. The largest absolute Gasteiger partial charge is 0.497 e. The molecule has 0 radical (unpaired) electrons. The average Bonchev–Trinajstić information content (AvgIpc) is 2.56. The Hall–Kier alpha value is -1.94. The molecule has 0 spiro atoms. The van der Waals surface area contributed by atoms with E-state index in [1.165, 1.54) is 6.08 Å². The van der Waals surface area contributed by atoms with Crippen LogP contribution in [0.4, 0.5) is 0 Å². The van der Waals surface area contributed by atoms with Crippen LogP contribution in [0.2, 0.25) is 0 Å². The summed E-state index contributed by atoms with van der Waals surface area (Å²) in [5.74, 6) is 0.902. The number of ether oxygens (including phenoxy) is 2. The Labute approximate surface area is 137 Å². The molecule has 0 bridgehead atoms. The van der Waals surface area contributed by atoms with Crippen LogP contribution in [-0.2, 0) is 9.53 Å². The van der Waals surface area contributed by atoms with Gasteiger partial charge in [0.1, 0.15) is 11.9 Å². The SMILES string of the molecule is C/C=C/C=C/C[C@@H](CS)OC(=O)/C=C/c1ccc(OC)cc1. The maximum Gasteiger partial charge on any atom is 0.331 e. The molecule has 1 atom stereocenters. The molecule has 0 saturated carbocycles. The first kappa shape index (κ1) is 18.1. The summed E-state index contributed by atoms with van der Waals surface area (Å²) >= 11 is 4.21. The van der Waals surface area contributed by atoms with Crippen molar-refractivity contribution in [2.24, 2.45) is 0 Å². The van der Waals surface area contributed by atoms with E-state index in [0.717, 1.165) is 11.3 Å². The van der Waals surface area contributed by atoms with Gasteiger partial charge in [-0.15, -0.1) is 0 Å². The Bertz CT molecular complexity index is 530. The molecule has 4 heteroatoms. The van der Waals surface area contributed by atoms with Gasteiger partial charge in [-0.3, -0.25) is 0 Å². The lowest BCUT2D eigenvalue weighted by atomic mass is 10.2. The molecule has 0 fully saturated rings. The molecule has 0 N–H and O–H groups in total. The van der Waals surface area contributed by atoms with Crippen LogP contribution >= 0.6 is 12.6 Å². The predicted molar refractivity (Wildman–Crippen MR) is 94.3 cm³/mol. The van der Waals surface area contributed by atoms with E-state index in [-0.39, 0.29) is 12.1 Å². The van der Waals surface area contributed by atoms with Crippen LogP contribution in [0.3, 0.4) is 0 Å². The Balaban J connectivity index is 2.50. The van der Waals surface area contributed by atoms with Crippen molar-refractivity contribution in [1.29, 1.82) is 0 Å². The summed E-state index contributed by atoms with van der Waals surface area (Å²) in [6.07, 6.45) is 11.3. The standard InChI is InChI=1S/C18H22O3S/c1-3-4-5-6-7-17(14-22)21-18(19)13-10-15-8-11-16(20-2)12-9-15/h3-6,8-13,17,22H,7,14H2,1-2H3/b4-3+,6-5+,13-10+/t17-/m0/s1. The van der Waals surface area contributed by atoms with Crippen LogP contribution in [0.15, 0.2) is 54.6 Å². The summed E-state index contributed by atoms with van der Waals surface area (Å²) < 4.78 is 10.4. The zero-order valence-electron chi connectivity index (χ0n) is 12.9. The van der Waals surface area contributed by atoms with Gasteiger partial charge in [0.15, 0.2) is 0 Å². The minimum absolute atomic E-state index is 0.224. The molecule has 0 aromatic heterocycles. The molecule has 0 aliphatic rings. The van der Waals surface area contributed by atoms with E-state index in [1.54, 1.807) is 13.2 Å². The molecule has 0 unspecified atom stereocenters. The van der Waals surface area contributed by atoms with Crippen molar-refractivity contribution in [3.05, 3.63) is 60.2 Å². The van der Waals surface area contributed by atoms with Crippen molar-refractivity contribution >= 4 is 24.7 Å². The smallest absolute Gasteiger partial charge is 0.331 e. The fraction of sp³-hybridized carbons (Fsp3) is 0.278. The monoisotopic (exact) mass is 318 g/mol. The number of carbonyl (C=O) groups excluding carboxylic acids is 1. The molecule has 1 rings (SSSR count). The fourth-order valence-electron chi connectivity index (χ4n) is 1.66. The van der Waals surface area contributed by atoms with Crippen LogP contribution in [-0.4, -0.2) is 24.9 Å². The van der Waals surface area contributed by atoms with Crippen LogP contribution in [0.5, 0.6) is 5.75 Å². The summed E-state index contributed by atoms with van der Waals surface area (Å²) in [5.41, 5.74) is 0.910. The van der Waals surface area contributed by atoms with Crippen molar-refractivity contribution in [2.75, 3.05) is 12.9 Å². The van der Waals surface area contributed by atoms with Crippen molar-refractivity contribution in [1.82, 2.24) is 0 Å². The molecule has 1 aromatic rings. The summed E-state index contributed by atoms with van der Waals surface area (Å²) in [4.78, 5) is 11.8. The van der Waals surface area contributed by atoms with Gasteiger partial charge in [-0.05, 0) is 30.7 Å². The van der Waals surface area contributed by atoms with Gasteiger partial charge in [-0.1, -0.05) is 36.4 Å². The molecule has 3 nitrogen and oxygen atoms in total. The number of hydrogen-bond acceptors (Lipinski definition) is 4. The number of benzene rings is 1. The number of hydrogen-bond donors (Lipinski definition) is 1. The fourth-order valence-corrected chi connectivity index (χ4v) is 1.89. The number of esters is 1. The van der Waals surface area contributed by atoms with Gasteiger partial charge in [0, 0.05) is 18.2 Å². The van der Waals surface area contributed by atoms with Crippen LogP contribution in [0, 0.1) is 0 Å². The molecule has 0 saturated heterocycles. The number of carbonyl (C=O) groups is 1. The average molecular weight is 318 g/mol. The normalized spacial score (nSPS) is 13.0. The predicted octanol–water partition coefficient (Wildman–Crippen LogP) is 4.07.